The Hall–Kier alpha value is -1.18. The van der Waals surface area contributed by atoms with Gasteiger partial charge in [-0.15, -0.1) is 0 Å². The van der Waals surface area contributed by atoms with E-state index in [1.165, 1.54) is 12.5 Å². The molecule has 13 heavy (non-hydrogen) atoms. The molecule has 0 amide bonds. The Morgan fingerprint density at radius 3 is 2.31 bits per heavy atom. The van der Waals surface area contributed by atoms with E-state index in [0.29, 0.717) is 5.56 Å². The molecule has 2 heteroatoms. The Morgan fingerprint density at radius 1 is 1.38 bits per heavy atom. The molecule has 0 unspecified atom stereocenters. The van der Waals surface area contributed by atoms with Crippen molar-refractivity contribution in [1.82, 2.24) is 0 Å². The van der Waals surface area contributed by atoms with Crippen LogP contribution in [0.2, 0.25) is 0 Å². The van der Waals surface area contributed by atoms with Crippen molar-refractivity contribution in [2.24, 2.45) is 0 Å². The highest BCUT2D eigenvalue weighted by molar-refractivity contribution is 5.77. The Labute approximate surface area is 79.1 Å². The summed E-state index contributed by atoms with van der Waals surface area (Å²) in [7, 11) is 0. The summed E-state index contributed by atoms with van der Waals surface area (Å²) < 4.78 is 12.6. The molecule has 0 heterocycles. The van der Waals surface area contributed by atoms with Crippen molar-refractivity contribution in [3.05, 3.63) is 35.1 Å². The predicted molar refractivity (Wildman–Crippen MR) is 55.0 cm³/mol. The van der Waals surface area contributed by atoms with Crippen LogP contribution in [0.25, 0.3) is 0 Å². The van der Waals surface area contributed by atoms with Gasteiger partial charge in [0, 0.05) is 11.8 Å². The molecule has 0 saturated heterocycles. The van der Waals surface area contributed by atoms with Gasteiger partial charge in [0.25, 0.3) is 0 Å². The fourth-order valence-corrected chi connectivity index (χ4v) is 0.774. The van der Waals surface area contributed by atoms with Crippen molar-refractivity contribution in [1.29, 1.82) is 5.41 Å². The fraction of sp³-hybridized carbons (Fsp3) is 0.364. The van der Waals surface area contributed by atoms with Crippen molar-refractivity contribution in [2.75, 3.05) is 0 Å². The lowest BCUT2D eigenvalue weighted by Crippen LogP contribution is -1.86. The quantitative estimate of drug-likeness (QED) is 0.641. The standard InChI is InChI=1S/C8H8FN.C3H8/c1-6-2-3-8(9)7(4-6)5-10;1-3-2/h2-5,10H,1H3;3H2,1-2H3. The molecule has 0 atom stereocenters. The first-order valence-electron chi connectivity index (χ1n) is 4.42. The van der Waals surface area contributed by atoms with Crippen LogP contribution >= 0.6 is 0 Å². The Balaban J connectivity index is 0.000000424. The number of benzene rings is 1. The van der Waals surface area contributed by atoms with Gasteiger partial charge in [0.1, 0.15) is 5.82 Å². The summed E-state index contributed by atoms with van der Waals surface area (Å²) in [6.07, 6.45) is 2.27. The summed E-state index contributed by atoms with van der Waals surface area (Å²) in [6, 6.07) is 4.69. The molecule has 0 aromatic heterocycles. The zero-order chi connectivity index (χ0) is 10.3. The molecular weight excluding hydrogens is 165 g/mol. The number of hydrogen-bond donors (Lipinski definition) is 1. The van der Waals surface area contributed by atoms with Crippen molar-refractivity contribution < 1.29 is 4.39 Å². The molecule has 0 aliphatic heterocycles. The molecule has 1 nitrogen and oxygen atoms in total. The predicted octanol–water partition coefficient (Wildman–Crippen LogP) is 3.55. The molecule has 0 radical (unpaired) electrons. The third kappa shape index (κ3) is 4.41. The number of hydrogen-bond acceptors (Lipinski definition) is 1. The van der Waals surface area contributed by atoms with E-state index in [2.05, 4.69) is 13.8 Å². The minimum absolute atomic E-state index is 0.333. The topological polar surface area (TPSA) is 23.9 Å². The Kier molecular flexibility index (Phi) is 5.77. The van der Waals surface area contributed by atoms with Gasteiger partial charge >= 0.3 is 0 Å². The highest BCUT2D eigenvalue weighted by Gasteiger charge is 1.96. The van der Waals surface area contributed by atoms with E-state index in [4.69, 9.17) is 5.41 Å². The van der Waals surface area contributed by atoms with E-state index in [1.54, 1.807) is 12.1 Å². The van der Waals surface area contributed by atoms with Gasteiger partial charge in [-0.1, -0.05) is 31.9 Å². The third-order valence-electron chi connectivity index (χ3n) is 1.31. The largest absolute Gasteiger partial charge is 0.308 e. The van der Waals surface area contributed by atoms with Gasteiger partial charge in [0.2, 0.25) is 0 Å². The second-order valence-corrected chi connectivity index (χ2v) is 2.88. The first-order chi connectivity index (χ1) is 6.15. The summed E-state index contributed by atoms with van der Waals surface area (Å²) in [6.45, 7) is 6.12. The lowest BCUT2D eigenvalue weighted by atomic mass is 10.1. The van der Waals surface area contributed by atoms with Gasteiger partial charge in [-0.3, -0.25) is 0 Å². The van der Waals surface area contributed by atoms with Crippen molar-refractivity contribution in [2.45, 2.75) is 27.2 Å². The van der Waals surface area contributed by atoms with Crippen LogP contribution < -0.4 is 0 Å². The molecule has 1 aromatic carbocycles. The Bertz CT molecular complexity index is 269. The normalized spacial score (nSPS) is 8.62. The van der Waals surface area contributed by atoms with Crippen LogP contribution in [-0.4, -0.2) is 6.21 Å². The molecule has 0 aliphatic rings. The van der Waals surface area contributed by atoms with E-state index in [0.717, 1.165) is 11.8 Å². The van der Waals surface area contributed by atoms with Gasteiger partial charge in [0.05, 0.1) is 0 Å². The minimum Gasteiger partial charge on any atom is -0.308 e. The fourth-order valence-electron chi connectivity index (χ4n) is 0.774. The van der Waals surface area contributed by atoms with Gasteiger partial charge in [-0.25, -0.2) is 4.39 Å². The van der Waals surface area contributed by atoms with Gasteiger partial charge in [-0.05, 0) is 19.1 Å². The zero-order valence-electron chi connectivity index (χ0n) is 8.39. The monoisotopic (exact) mass is 181 g/mol. The average molecular weight is 181 g/mol. The van der Waals surface area contributed by atoms with E-state index in [9.17, 15) is 4.39 Å². The molecular formula is C11H16FN. The maximum atomic E-state index is 12.6. The molecule has 1 aromatic rings. The lowest BCUT2D eigenvalue weighted by molar-refractivity contribution is 0.625. The second kappa shape index (κ2) is 6.35. The van der Waals surface area contributed by atoms with Crippen molar-refractivity contribution in [3.8, 4) is 0 Å². The van der Waals surface area contributed by atoms with Crippen LogP contribution in [0.4, 0.5) is 4.39 Å². The van der Waals surface area contributed by atoms with E-state index < -0.39 is 0 Å². The van der Waals surface area contributed by atoms with E-state index >= 15 is 0 Å². The third-order valence-corrected chi connectivity index (χ3v) is 1.31. The maximum Gasteiger partial charge on any atom is 0.131 e. The van der Waals surface area contributed by atoms with Crippen LogP contribution in [0.5, 0.6) is 0 Å². The summed E-state index contributed by atoms with van der Waals surface area (Å²) in [4.78, 5) is 0. The van der Waals surface area contributed by atoms with Crippen LogP contribution in [-0.2, 0) is 0 Å². The van der Waals surface area contributed by atoms with Crippen molar-refractivity contribution in [3.63, 3.8) is 0 Å². The first kappa shape index (κ1) is 11.8. The first-order valence-corrected chi connectivity index (χ1v) is 4.42. The number of halogens is 1. The summed E-state index contributed by atoms with van der Waals surface area (Å²) >= 11 is 0. The molecule has 0 spiro atoms. The van der Waals surface area contributed by atoms with Crippen LogP contribution in [0, 0.1) is 18.2 Å². The van der Waals surface area contributed by atoms with E-state index in [1.807, 2.05) is 6.92 Å². The maximum absolute atomic E-state index is 12.6. The molecule has 0 aliphatic carbocycles. The molecule has 1 rings (SSSR count). The smallest absolute Gasteiger partial charge is 0.131 e. The van der Waals surface area contributed by atoms with Gasteiger partial charge < -0.3 is 5.41 Å². The lowest BCUT2D eigenvalue weighted by Gasteiger charge is -1.95. The second-order valence-electron chi connectivity index (χ2n) is 2.88. The molecule has 0 bridgehead atoms. The summed E-state index contributed by atoms with van der Waals surface area (Å²) in [5.74, 6) is -0.333. The zero-order valence-corrected chi connectivity index (χ0v) is 8.39. The average Bonchev–Trinajstić information content (AvgIpc) is 2.10. The Morgan fingerprint density at radius 2 is 1.92 bits per heavy atom. The number of nitrogens with one attached hydrogen (secondary N) is 1. The summed E-state index contributed by atoms with van der Waals surface area (Å²) in [5, 5.41) is 6.82. The number of rotatable bonds is 1. The number of aryl methyl sites for hydroxylation is 1. The van der Waals surface area contributed by atoms with Crippen LogP contribution in [0.1, 0.15) is 31.4 Å². The van der Waals surface area contributed by atoms with Gasteiger partial charge in [0.15, 0.2) is 0 Å². The van der Waals surface area contributed by atoms with Crippen LogP contribution in [0.3, 0.4) is 0 Å². The van der Waals surface area contributed by atoms with Gasteiger partial charge in [-0.2, -0.15) is 0 Å². The SMILES string of the molecule is CCC.Cc1ccc(F)c(C=N)c1. The molecule has 0 fully saturated rings. The molecule has 72 valence electrons. The summed E-state index contributed by atoms with van der Waals surface area (Å²) in [5.41, 5.74) is 1.32. The highest BCUT2D eigenvalue weighted by Crippen LogP contribution is 2.06. The molecule has 1 N–H and O–H groups in total. The minimum atomic E-state index is -0.333. The molecule has 0 saturated carbocycles. The highest BCUT2D eigenvalue weighted by atomic mass is 19.1. The van der Waals surface area contributed by atoms with Crippen molar-refractivity contribution >= 4 is 6.21 Å². The van der Waals surface area contributed by atoms with E-state index in [-0.39, 0.29) is 5.82 Å². The van der Waals surface area contributed by atoms with Crippen LogP contribution in [0.15, 0.2) is 18.2 Å².